The van der Waals surface area contributed by atoms with E-state index < -0.39 is 10.0 Å². The third-order valence-corrected chi connectivity index (χ3v) is 6.90. The SMILES string of the molecule is COc1ccc(COc2nc3ccoc3cc2NS(=O)(=O)c2cccc(Cl)c2C)cc1OC. The number of hydrogen-bond acceptors (Lipinski definition) is 7. The number of hydrogen-bond donors (Lipinski definition) is 1. The Labute approximate surface area is 196 Å². The van der Waals surface area contributed by atoms with Crippen molar-refractivity contribution in [1.82, 2.24) is 4.98 Å². The summed E-state index contributed by atoms with van der Waals surface area (Å²) in [6, 6.07) is 13.2. The fraction of sp³-hybridized carbons (Fsp3) is 0.174. The van der Waals surface area contributed by atoms with E-state index in [0.29, 0.717) is 33.2 Å². The maximum absolute atomic E-state index is 13.1. The van der Waals surface area contributed by atoms with E-state index in [1.165, 1.54) is 18.4 Å². The molecule has 0 bridgehead atoms. The minimum atomic E-state index is -3.98. The lowest BCUT2D eigenvalue weighted by Gasteiger charge is -2.15. The molecule has 10 heteroatoms. The van der Waals surface area contributed by atoms with Gasteiger partial charge >= 0.3 is 0 Å². The number of pyridine rings is 1. The third-order valence-electron chi connectivity index (χ3n) is 4.98. The molecular formula is C23H21ClN2O6S. The lowest BCUT2D eigenvalue weighted by Crippen LogP contribution is -2.15. The molecule has 8 nitrogen and oxygen atoms in total. The molecule has 0 saturated carbocycles. The zero-order valence-electron chi connectivity index (χ0n) is 18.1. The molecule has 0 unspecified atom stereocenters. The summed E-state index contributed by atoms with van der Waals surface area (Å²) in [4.78, 5) is 4.48. The summed E-state index contributed by atoms with van der Waals surface area (Å²) in [6.45, 7) is 1.75. The van der Waals surface area contributed by atoms with Gasteiger partial charge in [0.1, 0.15) is 17.8 Å². The fourth-order valence-electron chi connectivity index (χ4n) is 3.26. The lowest BCUT2D eigenvalue weighted by atomic mass is 10.2. The van der Waals surface area contributed by atoms with Crippen molar-refractivity contribution >= 4 is 38.4 Å². The lowest BCUT2D eigenvalue weighted by molar-refractivity contribution is 0.295. The number of aromatic nitrogens is 1. The smallest absolute Gasteiger partial charge is 0.262 e. The van der Waals surface area contributed by atoms with Crippen LogP contribution >= 0.6 is 11.6 Å². The number of fused-ring (bicyclic) bond motifs is 1. The summed E-state index contributed by atoms with van der Waals surface area (Å²) >= 11 is 6.12. The van der Waals surface area contributed by atoms with Gasteiger partial charge in [-0.05, 0) is 42.3 Å². The molecule has 0 saturated heterocycles. The van der Waals surface area contributed by atoms with Crippen LogP contribution in [0.25, 0.3) is 11.1 Å². The van der Waals surface area contributed by atoms with E-state index in [4.69, 9.17) is 30.2 Å². The molecule has 2 heterocycles. The summed E-state index contributed by atoms with van der Waals surface area (Å²) in [7, 11) is -0.879. The molecule has 2 aromatic carbocycles. The highest BCUT2D eigenvalue weighted by atomic mass is 35.5. The molecule has 0 amide bonds. The van der Waals surface area contributed by atoms with Gasteiger partial charge in [0, 0.05) is 17.2 Å². The number of methoxy groups -OCH3 is 2. The highest BCUT2D eigenvalue weighted by Crippen LogP contribution is 2.33. The number of halogens is 1. The summed E-state index contributed by atoms with van der Waals surface area (Å²) in [5.41, 5.74) is 2.29. The molecule has 33 heavy (non-hydrogen) atoms. The van der Waals surface area contributed by atoms with Gasteiger partial charge in [-0.15, -0.1) is 0 Å². The van der Waals surface area contributed by atoms with Gasteiger partial charge in [0.05, 0.1) is 25.4 Å². The summed E-state index contributed by atoms with van der Waals surface area (Å²) in [5, 5.41) is 0.349. The molecule has 0 aliphatic carbocycles. The Hall–Kier alpha value is -3.43. The van der Waals surface area contributed by atoms with Gasteiger partial charge in [-0.25, -0.2) is 13.4 Å². The number of sulfonamides is 1. The van der Waals surface area contributed by atoms with Crippen molar-refractivity contribution in [2.24, 2.45) is 0 Å². The zero-order valence-corrected chi connectivity index (χ0v) is 19.7. The fourth-order valence-corrected chi connectivity index (χ4v) is 4.81. The summed E-state index contributed by atoms with van der Waals surface area (Å²) < 4.78 is 50.7. The van der Waals surface area contributed by atoms with Crippen LogP contribution in [0.4, 0.5) is 5.69 Å². The molecule has 0 fully saturated rings. The van der Waals surface area contributed by atoms with Crippen molar-refractivity contribution in [1.29, 1.82) is 0 Å². The average molecular weight is 489 g/mol. The van der Waals surface area contributed by atoms with Crippen LogP contribution in [0.1, 0.15) is 11.1 Å². The van der Waals surface area contributed by atoms with Crippen LogP contribution in [0.3, 0.4) is 0 Å². The van der Waals surface area contributed by atoms with E-state index in [0.717, 1.165) is 5.56 Å². The number of ether oxygens (including phenoxy) is 3. The van der Waals surface area contributed by atoms with Crippen molar-refractivity contribution in [2.75, 3.05) is 18.9 Å². The molecule has 2 aromatic heterocycles. The van der Waals surface area contributed by atoms with Gasteiger partial charge in [-0.1, -0.05) is 23.7 Å². The van der Waals surface area contributed by atoms with Crippen LogP contribution in [-0.2, 0) is 16.6 Å². The van der Waals surface area contributed by atoms with E-state index in [1.807, 2.05) is 6.07 Å². The number of rotatable bonds is 8. The van der Waals surface area contributed by atoms with E-state index in [2.05, 4.69) is 9.71 Å². The van der Waals surface area contributed by atoms with Crippen molar-refractivity contribution in [3.63, 3.8) is 0 Å². The van der Waals surface area contributed by atoms with E-state index in [1.54, 1.807) is 51.5 Å². The van der Waals surface area contributed by atoms with Gasteiger partial charge in [0.25, 0.3) is 10.0 Å². The Morgan fingerprint density at radius 3 is 2.61 bits per heavy atom. The maximum Gasteiger partial charge on any atom is 0.262 e. The Kier molecular flexibility index (Phi) is 6.35. The van der Waals surface area contributed by atoms with Crippen molar-refractivity contribution < 1.29 is 27.0 Å². The Bertz CT molecular complexity index is 1420. The highest BCUT2D eigenvalue weighted by Gasteiger charge is 2.22. The zero-order chi connectivity index (χ0) is 23.6. The van der Waals surface area contributed by atoms with Crippen LogP contribution in [0.5, 0.6) is 17.4 Å². The number of benzene rings is 2. The number of anilines is 1. The topological polar surface area (TPSA) is 99.9 Å². The van der Waals surface area contributed by atoms with Gasteiger partial charge in [0.2, 0.25) is 5.88 Å². The molecule has 0 radical (unpaired) electrons. The maximum atomic E-state index is 13.1. The molecule has 0 aliphatic heterocycles. The quantitative estimate of drug-likeness (QED) is 0.364. The predicted molar refractivity (Wildman–Crippen MR) is 125 cm³/mol. The normalized spacial score (nSPS) is 11.4. The highest BCUT2D eigenvalue weighted by molar-refractivity contribution is 7.92. The Morgan fingerprint density at radius 2 is 1.85 bits per heavy atom. The second-order valence-electron chi connectivity index (χ2n) is 7.09. The van der Waals surface area contributed by atoms with Crippen LogP contribution in [0, 0.1) is 6.92 Å². The van der Waals surface area contributed by atoms with E-state index in [-0.39, 0.29) is 23.1 Å². The molecule has 4 rings (SSSR count). The van der Waals surface area contributed by atoms with E-state index in [9.17, 15) is 8.42 Å². The number of furan rings is 1. The number of nitrogens with one attached hydrogen (secondary N) is 1. The monoisotopic (exact) mass is 488 g/mol. The summed E-state index contributed by atoms with van der Waals surface area (Å²) in [5.74, 6) is 1.24. The third kappa shape index (κ3) is 4.69. The van der Waals surface area contributed by atoms with Crippen molar-refractivity contribution in [2.45, 2.75) is 18.4 Å². The average Bonchev–Trinajstić information content (AvgIpc) is 3.25. The first-order valence-electron chi connectivity index (χ1n) is 9.82. The molecule has 172 valence electrons. The Morgan fingerprint density at radius 1 is 1.06 bits per heavy atom. The number of nitrogens with zero attached hydrogens (tertiary/aromatic N) is 1. The first-order chi connectivity index (χ1) is 15.8. The van der Waals surface area contributed by atoms with Crippen molar-refractivity contribution in [3.05, 3.63) is 70.9 Å². The van der Waals surface area contributed by atoms with Gasteiger partial charge in [0.15, 0.2) is 17.1 Å². The minimum Gasteiger partial charge on any atom is -0.493 e. The standard InChI is InChI=1S/C23H21ClN2O6S/c1-14-16(24)5-4-6-22(14)33(27,28)26-18-12-20-17(9-10-31-20)25-23(18)32-13-15-7-8-19(29-2)21(11-15)30-3/h4-12,26H,13H2,1-3H3. The van der Waals surface area contributed by atoms with Crippen LogP contribution in [0.15, 0.2) is 64.1 Å². The van der Waals surface area contributed by atoms with Crippen LogP contribution in [-0.4, -0.2) is 27.6 Å². The molecule has 4 aromatic rings. The largest absolute Gasteiger partial charge is 0.493 e. The van der Waals surface area contributed by atoms with Crippen molar-refractivity contribution in [3.8, 4) is 17.4 Å². The predicted octanol–water partition coefficient (Wildman–Crippen LogP) is 5.19. The minimum absolute atomic E-state index is 0.0559. The van der Waals surface area contributed by atoms with Gasteiger partial charge in [-0.3, -0.25) is 4.72 Å². The molecule has 0 atom stereocenters. The van der Waals surface area contributed by atoms with Gasteiger partial charge in [-0.2, -0.15) is 0 Å². The van der Waals surface area contributed by atoms with Gasteiger partial charge < -0.3 is 18.6 Å². The second kappa shape index (κ2) is 9.21. The Balaban J connectivity index is 1.67. The first-order valence-corrected chi connectivity index (χ1v) is 11.7. The van der Waals surface area contributed by atoms with E-state index >= 15 is 0 Å². The van der Waals surface area contributed by atoms with Crippen LogP contribution in [0.2, 0.25) is 5.02 Å². The molecule has 0 spiro atoms. The van der Waals surface area contributed by atoms with Crippen LogP contribution < -0.4 is 18.9 Å². The summed E-state index contributed by atoms with van der Waals surface area (Å²) in [6.07, 6.45) is 1.47. The molecule has 1 N–H and O–H groups in total. The first kappa shape index (κ1) is 22.8. The second-order valence-corrected chi connectivity index (χ2v) is 9.15. The molecule has 0 aliphatic rings. The molecular weight excluding hydrogens is 468 g/mol.